The van der Waals surface area contributed by atoms with Crippen molar-refractivity contribution in [2.75, 3.05) is 11.0 Å². The molecule has 0 saturated heterocycles. The van der Waals surface area contributed by atoms with Gasteiger partial charge in [0.05, 0.1) is 6.26 Å². The highest BCUT2D eigenvalue weighted by Gasteiger charge is 2.57. The van der Waals surface area contributed by atoms with Crippen LogP contribution in [0.3, 0.4) is 0 Å². The Morgan fingerprint density at radius 1 is 1.15 bits per heavy atom. The van der Waals surface area contributed by atoms with Crippen LogP contribution in [0.2, 0.25) is 5.02 Å². The van der Waals surface area contributed by atoms with Gasteiger partial charge in [0.25, 0.3) is 5.91 Å². The Labute approximate surface area is 164 Å². The second-order valence-corrected chi connectivity index (χ2v) is 9.85. The average molecular weight is 405 g/mol. The summed E-state index contributed by atoms with van der Waals surface area (Å²) in [4.78, 5) is 12.4. The Bertz CT molecular complexity index is 985. The number of sulfonamides is 1. The van der Waals surface area contributed by atoms with Crippen molar-refractivity contribution in [1.82, 2.24) is 5.32 Å². The number of benzene rings is 2. The van der Waals surface area contributed by atoms with E-state index in [1.807, 2.05) is 12.1 Å². The molecule has 3 saturated carbocycles. The second-order valence-electron chi connectivity index (χ2n) is 7.70. The highest BCUT2D eigenvalue weighted by atomic mass is 35.5. The summed E-state index contributed by atoms with van der Waals surface area (Å²) in [6.07, 6.45) is 4.96. The van der Waals surface area contributed by atoms with Gasteiger partial charge < -0.3 is 5.32 Å². The van der Waals surface area contributed by atoms with Crippen LogP contribution < -0.4 is 10.0 Å². The maximum atomic E-state index is 12.4. The molecule has 0 unspecified atom stereocenters. The molecule has 0 radical (unpaired) electrons. The molecule has 2 aromatic rings. The van der Waals surface area contributed by atoms with Crippen molar-refractivity contribution in [3.8, 4) is 0 Å². The fourth-order valence-corrected chi connectivity index (χ4v) is 4.86. The Morgan fingerprint density at radius 2 is 1.81 bits per heavy atom. The Kier molecular flexibility index (Phi) is 4.43. The maximum Gasteiger partial charge on any atom is 0.251 e. The molecule has 2 N–H and O–H groups in total. The smallest absolute Gasteiger partial charge is 0.251 e. The average Bonchev–Trinajstić information content (AvgIpc) is 2.50. The molecule has 2 bridgehead atoms. The van der Waals surface area contributed by atoms with Gasteiger partial charge in [-0.25, -0.2) is 8.42 Å². The molecule has 7 heteroatoms. The van der Waals surface area contributed by atoms with Crippen LogP contribution in [0.5, 0.6) is 0 Å². The minimum Gasteiger partial charge on any atom is -0.348 e. The van der Waals surface area contributed by atoms with Crippen LogP contribution in [-0.4, -0.2) is 20.6 Å². The lowest BCUT2D eigenvalue weighted by Gasteiger charge is -2.62. The topological polar surface area (TPSA) is 75.3 Å². The summed E-state index contributed by atoms with van der Waals surface area (Å²) in [7, 11) is -3.36. The van der Waals surface area contributed by atoms with Gasteiger partial charge in [0.1, 0.15) is 0 Å². The molecule has 3 aliphatic rings. The SMILES string of the molecule is CS(=O)(=O)Nc1ccc(CNC(=O)c2ccc(C34CC(C3)C4)cc2)c(Cl)c1. The first-order valence-electron chi connectivity index (χ1n) is 8.89. The summed E-state index contributed by atoms with van der Waals surface area (Å²) in [6.45, 7) is 0.268. The van der Waals surface area contributed by atoms with Gasteiger partial charge in [-0.15, -0.1) is 0 Å². The highest BCUT2D eigenvalue weighted by molar-refractivity contribution is 7.92. The van der Waals surface area contributed by atoms with E-state index in [2.05, 4.69) is 22.2 Å². The number of anilines is 1. The van der Waals surface area contributed by atoms with E-state index in [0.717, 1.165) is 17.7 Å². The molecule has 5 rings (SSSR count). The van der Waals surface area contributed by atoms with Crippen molar-refractivity contribution in [2.45, 2.75) is 31.2 Å². The molecule has 27 heavy (non-hydrogen) atoms. The van der Waals surface area contributed by atoms with Crippen LogP contribution in [0, 0.1) is 5.92 Å². The summed E-state index contributed by atoms with van der Waals surface area (Å²) in [5.41, 5.74) is 3.47. The van der Waals surface area contributed by atoms with Gasteiger partial charge in [-0.1, -0.05) is 29.8 Å². The summed E-state index contributed by atoms with van der Waals surface area (Å²) in [5.74, 6) is 0.769. The molecule has 3 aliphatic carbocycles. The van der Waals surface area contributed by atoms with Gasteiger partial charge >= 0.3 is 0 Å². The highest BCUT2D eigenvalue weighted by Crippen LogP contribution is 2.65. The normalized spacial score (nSPS) is 23.1. The number of carbonyl (C=O) groups is 1. The van der Waals surface area contributed by atoms with Gasteiger partial charge in [-0.05, 0) is 66.0 Å². The fourth-order valence-electron chi connectivity index (χ4n) is 4.05. The molecule has 0 aromatic heterocycles. The van der Waals surface area contributed by atoms with Crippen LogP contribution in [0.15, 0.2) is 42.5 Å². The van der Waals surface area contributed by atoms with E-state index in [1.165, 1.54) is 30.9 Å². The first kappa shape index (κ1) is 18.3. The lowest BCUT2D eigenvalue weighted by Crippen LogP contribution is -2.55. The zero-order valence-electron chi connectivity index (χ0n) is 15.0. The fraction of sp³-hybridized carbons (Fsp3) is 0.350. The minimum absolute atomic E-state index is 0.159. The number of rotatable bonds is 6. The molecule has 142 valence electrons. The number of nitrogens with one attached hydrogen (secondary N) is 2. The van der Waals surface area contributed by atoms with Crippen LogP contribution in [0.4, 0.5) is 5.69 Å². The lowest BCUT2D eigenvalue weighted by atomic mass is 9.42. The van der Waals surface area contributed by atoms with Crippen molar-refractivity contribution in [3.63, 3.8) is 0 Å². The van der Waals surface area contributed by atoms with Gasteiger partial charge in [0.15, 0.2) is 0 Å². The van der Waals surface area contributed by atoms with Gasteiger partial charge in [-0.3, -0.25) is 9.52 Å². The van der Waals surface area contributed by atoms with Crippen LogP contribution >= 0.6 is 11.6 Å². The molecular formula is C20H21ClN2O3S. The summed E-state index contributed by atoms with van der Waals surface area (Å²) in [5, 5.41) is 3.25. The van der Waals surface area contributed by atoms with E-state index in [0.29, 0.717) is 21.7 Å². The van der Waals surface area contributed by atoms with E-state index in [4.69, 9.17) is 11.6 Å². The Morgan fingerprint density at radius 3 is 2.33 bits per heavy atom. The van der Waals surface area contributed by atoms with Crippen molar-refractivity contribution in [3.05, 3.63) is 64.2 Å². The molecule has 2 aromatic carbocycles. The van der Waals surface area contributed by atoms with Crippen LogP contribution in [0.1, 0.15) is 40.7 Å². The van der Waals surface area contributed by atoms with E-state index in [1.54, 1.807) is 12.1 Å². The number of amides is 1. The molecule has 0 atom stereocenters. The van der Waals surface area contributed by atoms with E-state index < -0.39 is 10.0 Å². The minimum atomic E-state index is -3.36. The van der Waals surface area contributed by atoms with Crippen molar-refractivity contribution in [2.24, 2.45) is 5.92 Å². The van der Waals surface area contributed by atoms with Gasteiger partial charge in [0, 0.05) is 22.8 Å². The third kappa shape index (κ3) is 3.69. The molecule has 0 aliphatic heterocycles. The van der Waals surface area contributed by atoms with E-state index in [9.17, 15) is 13.2 Å². The molecule has 5 nitrogen and oxygen atoms in total. The van der Waals surface area contributed by atoms with Crippen LogP contribution in [-0.2, 0) is 22.0 Å². The summed E-state index contributed by atoms with van der Waals surface area (Å²) in [6, 6.07) is 12.8. The van der Waals surface area contributed by atoms with Crippen LogP contribution in [0.25, 0.3) is 0 Å². The molecule has 0 heterocycles. The van der Waals surface area contributed by atoms with Crippen molar-refractivity contribution in [1.29, 1.82) is 0 Å². The quantitative estimate of drug-likeness (QED) is 0.770. The number of hydrogen-bond acceptors (Lipinski definition) is 3. The maximum absolute atomic E-state index is 12.4. The van der Waals surface area contributed by atoms with Gasteiger partial charge in [0.2, 0.25) is 10.0 Å². The second kappa shape index (κ2) is 6.53. The molecule has 3 fully saturated rings. The summed E-state index contributed by atoms with van der Waals surface area (Å²) < 4.78 is 24.9. The first-order chi connectivity index (χ1) is 12.7. The third-order valence-electron chi connectivity index (χ3n) is 5.59. The van der Waals surface area contributed by atoms with Crippen molar-refractivity contribution >= 4 is 33.2 Å². The summed E-state index contributed by atoms with van der Waals surface area (Å²) >= 11 is 6.20. The van der Waals surface area contributed by atoms with Crippen molar-refractivity contribution < 1.29 is 13.2 Å². The first-order valence-corrected chi connectivity index (χ1v) is 11.2. The number of carbonyl (C=O) groups excluding carboxylic acids is 1. The van der Waals surface area contributed by atoms with Gasteiger partial charge in [-0.2, -0.15) is 0 Å². The monoisotopic (exact) mass is 404 g/mol. The number of halogens is 1. The molecule has 0 spiro atoms. The number of hydrogen-bond donors (Lipinski definition) is 2. The van der Waals surface area contributed by atoms with E-state index >= 15 is 0 Å². The predicted molar refractivity (Wildman–Crippen MR) is 107 cm³/mol. The Hall–Kier alpha value is -2.05. The lowest BCUT2D eigenvalue weighted by molar-refractivity contribution is -0.0274. The predicted octanol–water partition coefficient (Wildman–Crippen LogP) is 3.69. The zero-order chi connectivity index (χ0) is 19.2. The van der Waals surface area contributed by atoms with E-state index in [-0.39, 0.29) is 12.5 Å². The Balaban J connectivity index is 1.37. The molecular weight excluding hydrogens is 384 g/mol. The standard InChI is InChI=1S/C20H21ClN2O3S/c1-27(25,26)23-17-7-4-15(18(21)8-17)12-22-19(24)14-2-5-16(6-3-14)20-9-13(10-20)11-20/h2-8,13,23H,9-12H2,1H3,(H,22,24). The molecule has 1 amide bonds. The zero-order valence-corrected chi connectivity index (χ0v) is 16.5. The third-order valence-corrected chi connectivity index (χ3v) is 6.55. The largest absolute Gasteiger partial charge is 0.348 e.